The summed E-state index contributed by atoms with van der Waals surface area (Å²) in [4.78, 5) is 9.02. The third-order valence-corrected chi connectivity index (χ3v) is 5.13. The lowest BCUT2D eigenvalue weighted by atomic mass is 10.3. The SMILES string of the molecule is CCCS(=O)(=O)Nc1ccc(N2CCN(CC)CC2)nc1. The van der Waals surface area contributed by atoms with Crippen molar-refractivity contribution in [3.8, 4) is 0 Å². The monoisotopic (exact) mass is 312 g/mol. The summed E-state index contributed by atoms with van der Waals surface area (Å²) in [6.07, 6.45) is 2.19. The van der Waals surface area contributed by atoms with E-state index in [1.54, 1.807) is 12.3 Å². The molecule has 2 heterocycles. The zero-order chi connectivity index (χ0) is 15.3. The van der Waals surface area contributed by atoms with Gasteiger partial charge in [0.15, 0.2) is 0 Å². The summed E-state index contributed by atoms with van der Waals surface area (Å²) in [5.74, 6) is 1.04. The van der Waals surface area contributed by atoms with Gasteiger partial charge in [0.25, 0.3) is 0 Å². The summed E-state index contributed by atoms with van der Waals surface area (Å²) in [5, 5.41) is 0. The molecule has 1 aromatic heterocycles. The van der Waals surface area contributed by atoms with Crippen molar-refractivity contribution in [1.82, 2.24) is 9.88 Å². The average molecular weight is 312 g/mol. The van der Waals surface area contributed by atoms with Crippen LogP contribution in [0.25, 0.3) is 0 Å². The lowest BCUT2D eigenvalue weighted by Gasteiger charge is -2.34. The molecule has 1 saturated heterocycles. The number of anilines is 2. The molecule has 1 aromatic rings. The van der Waals surface area contributed by atoms with Crippen LogP contribution in [0.3, 0.4) is 0 Å². The smallest absolute Gasteiger partial charge is 0.232 e. The maximum Gasteiger partial charge on any atom is 0.232 e. The number of hydrogen-bond donors (Lipinski definition) is 1. The molecule has 0 spiro atoms. The lowest BCUT2D eigenvalue weighted by molar-refractivity contribution is 0.270. The van der Waals surface area contributed by atoms with E-state index in [0.717, 1.165) is 38.5 Å². The minimum absolute atomic E-state index is 0.133. The van der Waals surface area contributed by atoms with Gasteiger partial charge in [0, 0.05) is 26.2 Å². The van der Waals surface area contributed by atoms with E-state index in [0.29, 0.717) is 12.1 Å². The van der Waals surface area contributed by atoms with Gasteiger partial charge in [0.2, 0.25) is 10.0 Å². The first-order valence-electron chi connectivity index (χ1n) is 7.48. The Kier molecular flexibility index (Phi) is 5.41. The van der Waals surface area contributed by atoms with Gasteiger partial charge in [-0.1, -0.05) is 13.8 Å². The zero-order valence-corrected chi connectivity index (χ0v) is 13.6. The molecule has 0 amide bonds. The Morgan fingerprint density at radius 3 is 2.43 bits per heavy atom. The van der Waals surface area contributed by atoms with E-state index < -0.39 is 10.0 Å². The third kappa shape index (κ3) is 4.57. The molecule has 0 bridgehead atoms. The Morgan fingerprint density at radius 1 is 1.19 bits per heavy atom. The predicted octanol–water partition coefficient (Wildman–Crippen LogP) is 1.38. The molecule has 6 nitrogen and oxygen atoms in total. The number of rotatable bonds is 6. The number of nitrogens with zero attached hydrogens (tertiary/aromatic N) is 3. The minimum Gasteiger partial charge on any atom is -0.354 e. The standard InChI is InChI=1S/C14H24N4O2S/c1-3-11-21(19,20)16-13-5-6-14(15-12-13)18-9-7-17(4-2)8-10-18/h5-6,12,16H,3-4,7-11H2,1-2H3. The van der Waals surface area contributed by atoms with Crippen LogP contribution in [0.1, 0.15) is 20.3 Å². The van der Waals surface area contributed by atoms with Crippen molar-refractivity contribution in [2.75, 3.05) is 48.1 Å². The van der Waals surface area contributed by atoms with Crippen molar-refractivity contribution >= 4 is 21.5 Å². The quantitative estimate of drug-likeness (QED) is 0.859. The number of sulfonamides is 1. The van der Waals surface area contributed by atoms with Gasteiger partial charge in [-0.3, -0.25) is 4.72 Å². The Morgan fingerprint density at radius 2 is 1.90 bits per heavy atom. The molecule has 7 heteroatoms. The highest BCUT2D eigenvalue weighted by Crippen LogP contribution is 2.17. The fourth-order valence-electron chi connectivity index (χ4n) is 2.43. The Balaban J connectivity index is 1.96. The van der Waals surface area contributed by atoms with Crippen molar-refractivity contribution in [3.63, 3.8) is 0 Å². The first-order valence-corrected chi connectivity index (χ1v) is 9.13. The zero-order valence-electron chi connectivity index (χ0n) is 12.7. The summed E-state index contributed by atoms with van der Waals surface area (Å²) in [6, 6.07) is 3.66. The molecule has 0 aromatic carbocycles. The van der Waals surface area contributed by atoms with Crippen molar-refractivity contribution < 1.29 is 8.42 Å². The number of pyridine rings is 1. The molecule has 0 unspecified atom stereocenters. The van der Waals surface area contributed by atoms with Crippen LogP contribution in [-0.4, -0.2) is 56.8 Å². The Labute approximate surface area is 127 Å². The van der Waals surface area contributed by atoms with Crippen molar-refractivity contribution in [2.24, 2.45) is 0 Å². The molecular weight excluding hydrogens is 288 g/mol. The van der Waals surface area contributed by atoms with E-state index in [9.17, 15) is 8.42 Å². The first-order chi connectivity index (χ1) is 10.0. The summed E-state index contributed by atoms with van der Waals surface area (Å²) < 4.78 is 26.0. The summed E-state index contributed by atoms with van der Waals surface area (Å²) in [7, 11) is -3.24. The van der Waals surface area contributed by atoms with Crippen LogP contribution in [-0.2, 0) is 10.0 Å². The normalized spacial score (nSPS) is 17.0. The van der Waals surface area contributed by atoms with Gasteiger partial charge in [-0.15, -0.1) is 0 Å². The molecule has 1 aliphatic heterocycles. The highest BCUT2D eigenvalue weighted by atomic mass is 32.2. The van der Waals surface area contributed by atoms with E-state index >= 15 is 0 Å². The second-order valence-corrected chi connectivity index (χ2v) is 7.09. The topological polar surface area (TPSA) is 65.5 Å². The molecule has 21 heavy (non-hydrogen) atoms. The number of aromatic nitrogens is 1. The van der Waals surface area contributed by atoms with Crippen molar-refractivity contribution in [2.45, 2.75) is 20.3 Å². The van der Waals surface area contributed by atoms with Crippen LogP contribution in [0.2, 0.25) is 0 Å². The number of hydrogen-bond acceptors (Lipinski definition) is 5. The van der Waals surface area contributed by atoms with Crippen LogP contribution in [0.5, 0.6) is 0 Å². The summed E-state index contributed by atoms with van der Waals surface area (Å²) in [6.45, 7) is 9.11. The third-order valence-electron chi connectivity index (χ3n) is 3.64. The average Bonchev–Trinajstić information content (AvgIpc) is 2.48. The first kappa shape index (κ1) is 16.0. The minimum atomic E-state index is -3.24. The second kappa shape index (κ2) is 7.09. The fraction of sp³-hybridized carbons (Fsp3) is 0.643. The largest absolute Gasteiger partial charge is 0.354 e. The summed E-state index contributed by atoms with van der Waals surface area (Å²) in [5.41, 5.74) is 0.527. The molecule has 1 fully saturated rings. The second-order valence-electron chi connectivity index (χ2n) is 5.25. The van der Waals surface area contributed by atoms with Crippen molar-refractivity contribution in [3.05, 3.63) is 18.3 Å². The van der Waals surface area contributed by atoms with Gasteiger partial charge in [-0.05, 0) is 25.1 Å². The molecular formula is C14H24N4O2S. The molecule has 2 rings (SSSR count). The molecule has 1 N–H and O–H groups in total. The van der Waals surface area contributed by atoms with Crippen LogP contribution in [0.15, 0.2) is 18.3 Å². The Bertz CT molecular complexity index is 537. The number of piperazine rings is 1. The molecule has 0 atom stereocenters. The van der Waals surface area contributed by atoms with Crippen LogP contribution < -0.4 is 9.62 Å². The van der Waals surface area contributed by atoms with Crippen LogP contribution in [0, 0.1) is 0 Å². The maximum absolute atomic E-state index is 11.7. The van der Waals surface area contributed by atoms with Gasteiger partial charge in [-0.25, -0.2) is 13.4 Å². The number of nitrogens with one attached hydrogen (secondary N) is 1. The molecule has 118 valence electrons. The van der Waals surface area contributed by atoms with E-state index in [1.807, 2.05) is 13.0 Å². The fourth-order valence-corrected chi connectivity index (χ4v) is 3.55. The number of likely N-dealkylation sites (N-methyl/N-ethyl adjacent to an activating group) is 1. The summed E-state index contributed by atoms with van der Waals surface area (Å²) >= 11 is 0. The van der Waals surface area contributed by atoms with Gasteiger partial charge >= 0.3 is 0 Å². The predicted molar refractivity (Wildman–Crippen MR) is 86.3 cm³/mol. The molecule has 0 aliphatic carbocycles. The highest BCUT2D eigenvalue weighted by molar-refractivity contribution is 7.92. The Hall–Kier alpha value is -1.34. The maximum atomic E-state index is 11.7. The van der Waals surface area contributed by atoms with Gasteiger partial charge in [0.05, 0.1) is 17.6 Å². The van der Waals surface area contributed by atoms with E-state index in [-0.39, 0.29) is 5.75 Å². The lowest BCUT2D eigenvalue weighted by Crippen LogP contribution is -2.46. The van der Waals surface area contributed by atoms with Gasteiger partial charge < -0.3 is 9.80 Å². The molecule has 0 saturated carbocycles. The van der Waals surface area contributed by atoms with Crippen molar-refractivity contribution in [1.29, 1.82) is 0 Å². The van der Waals surface area contributed by atoms with Crippen LogP contribution >= 0.6 is 0 Å². The van der Waals surface area contributed by atoms with E-state index in [4.69, 9.17) is 0 Å². The van der Waals surface area contributed by atoms with Gasteiger partial charge in [0.1, 0.15) is 5.82 Å². The van der Waals surface area contributed by atoms with Gasteiger partial charge in [-0.2, -0.15) is 0 Å². The highest BCUT2D eigenvalue weighted by Gasteiger charge is 2.17. The molecule has 0 radical (unpaired) electrons. The molecule has 1 aliphatic rings. The van der Waals surface area contributed by atoms with Crippen LogP contribution in [0.4, 0.5) is 11.5 Å². The van der Waals surface area contributed by atoms with E-state index in [2.05, 4.69) is 26.4 Å². The van der Waals surface area contributed by atoms with E-state index in [1.165, 1.54) is 0 Å².